The van der Waals surface area contributed by atoms with Gasteiger partial charge in [-0.3, -0.25) is 0 Å². The molecule has 0 atom stereocenters. The van der Waals surface area contributed by atoms with Gasteiger partial charge in [0.25, 0.3) is 0 Å². The molecule has 152 valence electrons. The Morgan fingerprint density at radius 3 is 2.43 bits per heavy atom. The Balaban J connectivity index is 1.56. The average Bonchev–Trinajstić information content (AvgIpc) is 2.68. The van der Waals surface area contributed by atoms with Crippen LogP contribution in [0.25, 0.3) is 0 Å². The minimum Gasteiger partial charge on any atom is -0.455 e. The molecule has 0 unspecified atom stereocenters. The number of anilines is 2. The fourth-order valence-electron chi connectivity index (χ4n) is 4.31. The van der Waals surface area contributed by atoms with Gasteiger partial charge in [0, 0.05) is 11.8 Å². The van der Waals surface area contributed by atoms with E-state index in [0.717, 1.165) is 24.3 Å². The van der Waals surface area contributed by atoms with Crippen molar-refractivity contribution >= 4 is 11.4 Å². The summed E-state index contributed by atoms with van der Waals surface area (Å²) in [4.78, 5) is 0. The molecule has 1 aliphatic carbocycles. The topological polar surface area (TPSA) is 61.3 Å². The lowest BCUT2D eigenvalue weighted by Crippen LogP contribution is -2.14. The first-order valence-electron chi connectivity index (χ1n) is 10.7. The fraction of sp³-hybridized carbons (Fsp3) is 0.500. The molecule has 0 aliphatic heterocycles. The van der Waals surface area contributed by atoms with E-state index in [-0.39, 0.29) is 5.82 Å². The van der Waals surface area contributed by atoms with Gasteiger partial charge >= 0.3 is 0 Å². The summed E-state index contributed by atoms with van der Waals surface area (Å²) in [5.74, 6) is 1.92. The van der Waals surface area contributed by atoms with E-state index in [1.807, 2.05) is 12.1 Å². The molecule has 0 aromatic heterocycles. The molecule has 1 fully saturated rings. The maximum absolute atomic E-state index is 14.8. The van der Waals surface area contributed by atoms with Gasteiger partial charge in [0.15, 0.2) is 0 Å². The summed E-state index contributed by atoms with van der Waals surface area (Å²) in [6, 6.07) is 10.3. The third kappa shape index (κ3) is 5.40. The second-order valence-electron chi connectivity index (χ2n) is 8.15. The van der Waals surface area contributed by atoms with E-state index in [9.17, 15) is 4.39 Å². The molecule has 1 aliphatic rings. The van der Waals surface area contributed by atoms with Crippen LogP contribution in [0.2, 0.25) is 0 Å². The summed E-state index contributed by atoms with van der Waals surface area (Å²) >= 11 is 0. The van der Waals surface area contributed by atoms with Gasteiger partial charge in [-0.2, -0.15) is 0 Å². The van der Waals surface area contributed by atoms with Crippen molar-refractivity contribution in [1.82, 2.24) is 0 Å². The van der Waals surface area contributed by atoms with Crippen molar-refractivity contribution in [3.05, 3.63) is 47.8 Å². The number of ether oxygens (including phenoxy) is 1. The highest BCUT2D eigenvalue weighted by molar-refractivity contribution is 5.61. The molecule has 0 bridgehead atoms. The largest absolute Gasteiger partial charge is 0.455 e. The van der Waals surface area contributed by atoms with E-state index in [2.05, 4.69) is 6.92 Å². The summed E-state index contributed by atoms with van der Waals surface area (Å²) in [6.07, 6.45) is 11.3. The van der Waals surface area contributed by atoms with Crippen molar-refractivity contribution in [1.29, 1.82) is 0 Å². The van der Waals surface area contributed by atoms with Crippen molar-refractivity contribution in [2.75, 3.05) is 11.5 Å². The maximum atomic E-state index is 14.8. The number of benzene rings is 2. The summed E-state index contributed by atoms with van der Waals surface area (Å²) in [6.45, 7) is 2.25. The van der Waals surface area contributed by atoms with Crippen LogP contribution in [0.5, 0.6) is 11.5 Å². The van der Waals surface area contributed by atoms with Crippen LogP contribution in [0.1, 0.15) is 76.2 Å². The summed E-state index contributed by atoms with van der Waals surface area (Å²) in [5, 5.41) is 0. The van der Waals surface area contributed by atoms with Crippen LogP contribution in [0.4, 0.5) is 15.8 Å². The standard InChI is InChI=1S/C24H33FN2O/c1-2-3-4-5-6-17-7-9-18(10-8-17)21-13-12-20(16-22(21)25)28-24-14-11-19(26)15-23(24)27/h11-18H,2-10,26-27H2,1H3. The van der Waals surface area contributed by atoms with Crippen LogP contribution in [0.3, 0.4) is 0 Å². The molecule has 3 nitrogen and oxygen atoms in total. The van der Waals surface area contributed by atoms with Crippen molar-refractivity contribution in [3.8, 4) is 11.5 Å². The fourth-order valence-corrected chi connectivity index (χ4v) is 4.31. The molecule has 3 rings (SSSR count). The van der Waals surface area contributed by atoms with Gasteiger partial charge in [-0.1, -0.05) is 45.1 Å². The molecule has 1 saturated carbocycles. The van der Waals surface area contributed by atoms with E-state index in [1.54, 1.807) is 18.2 Å². The molecular weight excluding hydrogens is 351 g/mol. The Hall–Kier alpha value is -2.23. The van der Waals surface area contributed by atoms with E-state index in [1.165, 1.54) is 51.0 Å². The lowest BCUT2D eigenvalue weighted by atomic mass is 9.77. The van der Waals surface area contributed by atoms with Gasteiger partial charge < -0.3 is 16.2 Å². The predicted molar refractivity (Wildman–Crippen MR) is 115 cm³/mol. The first-order valence-corrected chi connectivity index (χ1v) is 10.7. The molecule has 0 amide bonds. The first-order chi connectivity index (χ1) is 13.6. The van der Waals surface area contributed by atoms with Crippen LogP contribution in [-0.2, 0) is 0 Å². The third-order valence-electron chi connectivity index (χ3n) is 5.99. The zero-order valence-corrected chi connectivity index (χ0v) is 16.9. The minimum atomic E-state index is -0.182. The minimum absolute atomic E-state index is 0.182. The highest BCUT2D eigenvalue weighted by atomic mass is 19.1. The molecule has 2 aromatic rings. The molecule has 28 heavy (non-hydrogen) atoms. The van der Waals surface area contributed by atoms with E-state index in [0.29, 0.717) is 28.8 Å². The van der Waals surface area contributed by atoms with E-state index >= 15 is 0 Å². The molecule has 0 saturated heterocycles. The highest BCUT2D eigenvalue weighted by Gasteiger charge is 2.24. The predicted octanol–water partition coefficient (Wildman–Crippen LogP) is 7.03. The van der Waals surface area contributed by atoms with Crippen LogP contribution in [0.15, 0.2) is 36.4 Å². The Morgan fingerprint density at radius 2 is 1.75 bits per heavy atom. The number of hydrogen-bond acceptors (Lipinski definition) is 3. The zero-order valence-electron chi connectivity index (χ0n) is 16.9. The van der Waals surface area contributed by atoms with Crippen molar-refractivity contribution in [2.45, 2.75) is 70.6 Å². The summed E-state index contributed by atoms with van der Waals surface area (Å²) in [5.41, 5.74) is 13.5. The summed E-state index contributed by atoms with van der Waals surface area (Å²) < 4.78 is 20.5. The molecular formula is C24H33FN2O. The number of halogens is 1. The zero-order chi connectivity index (χ0) is 19.9. The van der Waals surface area contributed by atoms with Crippen molar-refractivity contribution in [2.24, 2.45) is 5.92 Å². The number of nitrogens with two attached hydrogens (primary N) is 2. The average molecular weight is 385 g/mol. The van der Waals surface area contributed by atoms with Gasteiger partial charge in [-0.05, 0) is 67.3 Å². The van der Waals surface area contributed by atoms with Crippen molar-refractivity contribution < 1.29 is 9.13 Å². The lowest BCUT2D eigenvalue weighted by molar-refractivity contribution is 0.298. The van der Waals surface area contributed by atoms with Gasteiger partial charge in [-0.15, -0.1) is 0 Å². The Morgan fingerprint density at radius 1 is 0.964 bits per heavy atom. The Bertz CT molecular complexity index is 769. The number of hydrogen-bond donors (Lipinski definition) is 2. The lowest BCUT2D eigenvalue weighted by Gasteiger charge is -2.29. The Labute approximate surface area is 168 Å². The van der Waals surface area contributed by atoms with Gasteiger partial charge in [0.2, 0.25) is 0 Å². The van der Waals surface area contributed by atoms with Gasteiger partial charge in [-0.25, -0.2) is 4.39 Å². The van der Waals surface area contributed by atoms with E-state index in [4.69, 9.17) is 16.2 Å². The third-order valence-corrected chi connectivity index (χ3v) is 5.99. The Kier molecular flexibility index (Phi) is 7.18. The number of unbranched alkanes of at least 4 members (excludes halogenated alkanes) is 3. The second-order valence-corrected chi connectivity index (χ2v) is 8.15. The molecule has 0 heterocycles. The number of nitrogen functional groups attached to an aromatic ring is 2. The van der Waals surface area contributed by atoms with Crippen molar-refractivity contribution in [3.63, 3.8) is 0 Å². The first kappa shape index (κ1) is 20.5. The monoisotopic (exact) mass is 384 g/mol. The second kappa shape index (κ2) is 9.81. The quantitative estimate of drug-likeness (QED) is 0.379. The van der Waals surface area contributed by atoms with E-state index < -0.39 is 0 Å². The maximum Gasteiger partial charge on any atom is 0.150 e. The van der Waals surface area contributed by atoms with Crippen LogP contribution < -0.4 is 16.2 Å². The SMILES string of the molecule is CCCCCCC1CCC(c2ccc(Oc3ccc(N)cc3N)cc2F)CC1. The highest BCUT2D eigenvalue weighted by Crippen LogP contribution is 2.40. The van der Waals surface area contributed by atoms with Crippen LogP contribution >= 0.6 is 0 Å². The normalized spacial score (nSPS) is 19.5. The molecule has 0 radical (unpaired) electrons. The smallest absolute Gasteiger partial charge is 0.150 e. The molecule has 2 aromatic carbocycles. The molecule has 4 heteroatoms. The number of rotatable bonds is 8. The van der Waals surface area contributed by atoms with Gasteiger partial charge in [0.1, 0.15) is 17.3 Å². The summed E-state index contributed by atoms with van der Waals surface area (Å²) in [7, 11) is 0. The van der Waals surface area contributed by atoms with Crippen LogP contribution in [-0.4, -0.2) is 0 Å². The molecule has 4 N–H and O–H groups in total. The molecule has 0 spiro atoms. The van der Waals surface area contributed by atoms with Gasteiger partial charge in [0.05, 0.1) is 5.69 Å². The van der Waals surface area contributed by atoms with Crippen LogP contribution in [0, 0.1) is 11.7 Å².